The van der Waals surface area contributed by atoms with Gasteiger partial charge in [-0.05, 0) is 48.7 Å². The Morgan fingerprint density at radius 3 is 2.38 bits per heavy atom. The van der Waals surface area contributed by atoms with E-state index in [0.717, 1.165) is 11.8 Å². The molecule has 0 aliphatic heterocycles. The number of methoxy groups -OCH3 is 2. The Balaban J connectivity index is 1.97. The maximum Gasteiger partial charge on any atom is 0.229 e. The molecule has 0 bridgehead atoms. The molecule has 2 aromatic rings. The van der Waals surface area contributed by atoms with Gasteiger partial charge >= 0.3 is 0 Å². The average molecular weight is 425 g/mol. The second-order valence-electron chi connectivity index (χ2n) is 6.83. The van der Waals surface area contributed by atoms with Gasteiger partial charge in [0, 0.05) is 12.6 Å². The van der Waals surface area contributed by atoms with Gasteiger partial charge < -0.3 is 25.0 Å². The lowest BCUT2D eigenvalue weighted by molar-refractivity contribution is 0.168. The van der Waals surface area contributed by atoms with Crippen molar-refractivity contribution >= 4 is 15.7 Å². The monoisotopic (exact) mass is 424 g/mol. The van der Waals surface area contributed by atoms with Crippen LogP contribution in [0.5, 0.6) is 17.2 Å². The Morgan fingerprint density at radius 2 is 1.76 bits per heavy atom. The first-order valence-corrected chi connectivity index (χ1v) is 10.9. The van der Waals surface area contributed by atoms with Gasteiger partial charge in [-0.3, -0.25) is 4.72 Å². The van der Waals surface area contributed by atoms with E-state index in [1.807, 2.05) is 25.1 Å². The van der Waals surface area contributed by atoms with Crippen molar-refractivity contribution in [2.45, 2.75) is 25.5 Å². The Labute approximate surface area is 171 Å². The molecule has 0 heterocycles. The predicted molar refractivity (Wildman–Crippen MR) is 112 cm³/mol. The third-order valence-corrected chi connectivity index (χ3v) is 4.99. The molecule has 0 spiro atoms. The molecular weight excluding hydrogens is 396 g/mol. The van der Waals surface area contributed by atoms with Crippen LogP contribution in [0, 0.1) is 0 Å². The molecule has 0 aliphatic rings. The minimum atomic E-state index is -3.51. The number of benzene rings is 2. The summed E-state index contributed by atoms with van der Waals surface area (Å²) < 4.78 is 35.6. The maximum absolute atomic E-state index is 11.4. The lowest BCUT2D eigenvalue weighted by Crippen LogP contribution is -2.30. The number of ether oxygens (including phenoxy) is 2. The van der Waals surface area contributed by atoms with Gasteiger partial charge in [-0.15, -0.1) is 0 Å². The summed E-state index contributed by atoms with van der Waals surface area (Å²) >= 11 is 0. The van der Waals surface area contributed by atoms with Crippen LogP contribution in [0.4, 0.5) is 5.69 Å². The Kier molecular flexibility index (Phi) is 7.72. The molecule has 0 saturated carbocycles. The molecule has 2 rings (SSSR count). The highest BCUT2D eigenvalue weighted by atomic mass is 32.2. The van der Waals surface area contributed by atoms with E-state index in [2.05, 4.69) is 10.0 Å². The van der Waals surface area contributed by atoms with Crippen molar-refractivity contribution in [3.8, 4) is 17.2 Å². The zero-order valence-corrected chi connectivity index (χ0v) is 17.8. The van der Waals surface area contributed by atoms with Crippen molar-refractivity contribution in [2.24, 2.45) is 0 Å². The molecule has 0 saturated heterocycles. The van der Waals surface area contributed by atoms with Crippen molar-refractivity contribution in [3.05, 3.63) is 47.5 Å². The second kappa shape index (κ2) is 9.82. The number of rotatable bonds is 10. The van der Waals surface area contributed by atoms with Crippen molar-refractivity contribution in [1.82, 2.24) is 5.32 Å². The van der Waals surface area contributed by atoms with Gasteiger partial charge in [-0.2, -0.15) is 0 Å². The number of aliphatic hydroxyl groups is 1. The fraction of sp³-hybridized carbons (Fsp3) is 0.400. The second-order valence-corrected chi connectivity index (χ2v) is 8.58. The van der Waals surface area contributed by atoms with E-state index >= 15 is 0 Å². The zero-order chi connectivity index (χ0) is 21.6. The quantitative estimate of drug-likeness (QED) is 0.431. The van der Waals surface area contributed by atoms with Crippen molar-refractivity contribution in [2.75, 3.05) is 31.7 Å². The predicted octanol–water partition coefficient (Wildman–Crippen LogP) is 2.04. The molecule has 4 N–H and O–H groups in total. The largest absolute Gasteiger partial charge is 0.506 e. The van der Waals surface area contributed by atoms with Crippen LogP contribution in [-0.2, 0) is 16.4 Å². The first-order valence-electron chi connectivity index (χ1n) is 9.06. The summed E-state index contributed by atoms with van der Waals surface area (Å²) in [6.07, 6.45) is 0.603. The van der Waals surface area contributed by atoms with Crippen molar-refractivity contribution in [1.29, 1.82) is 0 Å². The summed E-state index contributed by atoms with van der Waals surface area (Å²) in [5.74, 6) is 1.11. The van der Waals surface area contributed by atoms with Gasteiger partial charge in [-0.25, -0.2) is 8.42 Å². The number of anilines is 1. The fourth-order valence-corrected chi connectivity index (χ4v) is 3.45. The first-order chi connectivity index (χ1) is 13.6. The first kappa shape index (κ1) is 22.8. The van der Waals surface area contributed by atoms with Crippen LogP contribution in [0.25, 0.3) is 0 Å². The zero-order valence-electron chi connectivity index (χ0n) is 17.0. The fourth-order valence-electron chi connectivity index (χ4n) is 2.89. The SMILES string of the molecule is COc1ccc(C(C)NC[C@@H](O)Cc2ccc(O)c(NS(C)(=O)=O)c2)cc1OC. The number of aliphatic hydroxyl groups excluding tert-OH is 1. The smallest absolute Gasteiger partial charge is 0.229 e. The van der Waals surface area contributed by atoms with E-state index in [9.17, 15) is 18.6 Å². The summed E-state index contributed by atoms with van der Waals surface area (Å²) in [6, 6.07) is 10.2. The molecule has 0 fully saturated rings. The van der Waals surface area contributed by atoms with Crippen LogP contribution < -0.4 is 19.5 Å². The highest BCUT2D eigenvalue weighted by Crippen LogP contribution is 2.30. The van der Waals surface area contributed by atoms with Crippen LogP contribution in [0.1, 0.15) is 24.1 Å². The van der Waals surface area contributed by atoms with Gasteiger partial charge in [0.2, 0.25) is 10.0 Å². The normalized spacial score (nSPS) is 13.6. The number of phenolic OH excluding ortho intramolecular Hbond substituents is 1. The molecule has 0 amide bonds. The minimum Gasteiger partial charge on any atom is -0.506 e. The van der Waals surface area contributed by atoms with Crippen molar-refractivity contribution < 1.29 is 28.1 Å². The van der Waals surface area contributed by atoms with Gasteiger partial charge in [0.15, 0.2) is 11.5 Å². The van der Waals surface area contributed by atoms with E-state index in [-0.39, 0.29) is 17.5 Å². The molecule has 2 aromatic carbocycles. The molecule has 8 nitrogen and oxygen atoms in total. The van der Waals surface area contributed by atoms with Crippen LogP contribution in [0.15, 0.2) is 36.4 Å². The standard InChI is InChI=1S/C20H28N2O6S/c1-13(15-6-8-19(27-2)20(11-15)28-3)21-12-16(23)9-14-5-7-18(24)17(10-14)22-29(4,25)26/h5-8,10-11,13,16,21-24H,9,12H2,1-4H3/t13?,16-/m0/s1. The number of hydrogen-bond donors (Lipinski definition) is 4. The number of nitrogens with one attached hydrogen (secondary N) is 2. The molecule has 0 aliphatic carbocycles. The maximum atomic E-state index is 11.4. The van der Waals surface area contributed by atoms with Gasteiger partial charge in [-0.1, -0.05) is 12.1 Å². The van der Waals surface area contributed by atoms with E-state index in [0.29, 0.717) is 30.0 Å². The number of aromatic hydroxyl groups is 1. The Morgan fingerprint density at radius 1 is 1.07 bits per heavy atom. The summed E-state index contributed by atoms with van der Waals surface area (Å²) in [7, 11) is -0.355. The minimum absolute atomic E-state index is 0.0354. The summed E-state index contributed by atoms with van der Waals surface area (Å²) in [4.78, 5) is 0. The molecule has 1 unspecified atom stereocenters. The van der Waals surface area contributed by atoms with Crippen LogP contribution in [0.3, 0.4) is 0 Å². The van der Waals surface area contributed by atoms with Gasteiger partial charge in [0.25, 0.3) is 0 Å². The van der Waals surface area contributed by atoms with Gasteiger partial charge in [0.05, 0.1) is 32.3 Å². The molecule has 0 aromatic heterocycles. The Hall–Kier alpha value is -2.49. The summed E-state index contributed by atoms with van der Waals surface area (Å²) in [5.41, 5.74) is 1.77. The van der Waals surface area contributed by atoms with Crippen molar-refractivity contribution in [3.63, 3.8) is 0 Å². The molecule has 2 atom stereocenters. The molecular formula is C20H28N2O6S. The Bertz CT molecular complexity index is 933. The highest BCUT2D eigenvalue weighted by Gasteiger charge is 2.14. The van der Waals surface area contributed by atoms with Crippen LogP contribution in [-0.4, -0.2) is 51.8 Å². The average Bonchev–Trinajstić information content (AvgIpc) is 2.67. The lowest BCUT2D eigenvalue weighted by atomic mass is 10.0. The summed E-state index contributed by atoms with van der Waals surface area (Å²) in [6.45, 7) is 2.30. The highest BCUT2D eigenvalue weighted by molar-refractivity contribution is 7.92. The third-order valence-electron chi connectivity index (χ3n) is 4.39. The third kappa shape index (κ3) is 6.81. The molecule has 160 valence electrons. The topological polar surface area (TPSA) is 117 Å². The van der Waals surface area contributed by atoms with E-state index in [1.165, 1.54) is 12.1 Å². The van der Waals surface area contributed by atoms with Crippen LogP contribution in [0.2, 0.25) is 0 Å². The van der Waals surface area contributed by atoms with E-state index < -0.39 is 16.1 Å². The number of phenols is 1. The van der Waals surface area contributed by atoms with Gasteiger partial charge in [0.1, 0.15) is 5.75 Å². The molecule has 29 heavy (non-hydrogen) atoms. The van der Waals surface area contributed by atoms with Crippen LogP contribution >= 0.6 is 0 Å². The number of sulfonamides is 1. The summed E-state index contributed by atoms with van der Waals surface area (Å²) in [5, 5.41) is 23.4. The van der Waals surface area contributed by atoms with E-state index in [4.69, 9.17) is 9.47 Å². The molecule has 9 heteroatoms. The number of hydrogen-bond acceptors (Lipinski definition) is 7. The van der Waals surface area contributed by atoms with E-state index in [1.54, 1.807) is 20.3 Å². The lowest BCUT2D eigenvalue weighted by Gasteiger charge is -2.19. The molecule has 0 radical (unpaired) electrons.